The number of fused-ring (bicyclic) bond motifs is 1. The van der Waals surface area contributed by atoms with E-state index in [4.69, 9.17) is 10.7 Å². The summed E-state index contributed by atoms with van der Waals surface area (Å²) in [5.41, 5.74) is 11.1. The lowest BCUT2D eigenvalue weighted by molar-refractivity contribution is 0.475. The summed E-state index contributed by atoms with van der Waals surface area (Å²) < 4.78 is 2.03. The van der Waals surface area contributed by atoms with Gasteiger partial charge in [-0.15, -0.1) is 0 Å². The quantitative estimate of drug-likeness (QED) is 0.608. The number of benzene rings is 1. The number of rotatable bonds is 3. The maximum absolute atomic E-state index is 9.58. The second-order valence-electron chi connectivity index (χ2n) is 5.54. The molecule has 4 rings (SSSR count). The molecule has 0 aliphatic rings. The van der Waals surface area contributed by atoms with Crippen LogP contribution in [0.2, 0.25) is 0 Å². The van der Waals surface area contributed by atoms with Crippen LogP contribution in [0.15, 0.2) is 67.0 Å². The van der Waals surface area contributed by atoms with Gasteiger partial charge in [-0.25, -0.2) is 4.98 Å². The Labute approximate surface area is 139 Å². The Kier molecular flexibility index (Phi) is 3.48. The number of phenols is 1. The molecule has 0 saturated heterocycles. The van der Waals surface area contributed by atoms with E-state index in [-0.39, 0.29) is 5.75 Å². The van der Waals surface area contributed by atoms with E-state index in [1.54, 1.807) is 18.3 Å². The van der Waals surface area contributed by atoms with Crippen molar-refractivity contribution in [2.24, 2.45) is 5.73 Å². The van der Waals surface area contributed by atoms with Crippen molar-refractivity contribution >= 4 is 5.65 Å². The van der Waals surface area contributed by atoms with Gasteiger partial charge in [-0.05, 0) is 48.0 Å². The smallest absolute Gasteiger partial charge is 0.138 e. The van der Waals surface area contributed by atoms with E-state index >= 15 is 0 Å². The highest BCUT2D eigenvalue weighted by atomic mass is 16.3. The molecule has 0 radical (unpaired) electrons. The summed E-state index contributed by atoms with van der Waals surface area (Å²) in [6.45, 7) is 0.460. The Bertz CT molecular complexity index is 991. The molecule has 5 heteroatoms. The van der Waals surface area contributed by atoms with Crippen molar-refractivity contribution in [3.63, 3.8) is 0 Å². The minimum atomic E-state index is 0.231. The van der Waals surface area contributed by atoms with Crippen molar-refractivity contribution in [1.82, 2.24) is 14.4 Å². The number of nitrogens with two attached hydrogens (primary N) is 1. The molecule has 24 heavy (non-hydrogen) atoms. The topological polar surface area (TPSA) is 76.4 Å². The summed E-state index contributed by atoms with van der Waals surface area (Å²) in [6.07, 6.45) is 3.75. The molecule has 0 amide bonds. The predicted molar refractivity (Wildman–Crippen MR) is 93.4 cm³/mol. The van der Waals surface area contributed by atoms with Crippen molar-refractivity contribution in [2.75, 3.05) is 0 Å². The molecule has 0 aliphatic carbocycles. The maximum Gasteiger partial charge on any atom is 0.138 e. The monoisotopic (exact) mass is 316 g/mol. The van der Waals surface area contributed by atoms with Crippen LogP contribution in [0.3, 0.4) is 0 Å². The van der Waals surface area contributed by atoms with E-state index in [0.717, 1.165) is 33.9 Å². The second-order valence-corrected chi connectivity index (χ2v) is 5.54. The van der Waals surface area contributed by atoms with Gasteiger partial charge >= 0.3 is 0 Å². The third kappa shape index (κ3) is 2.41. The zero-order valence-corrected chi connectivity index (χ0v) is 12.9. The first-order chi connectivity index (χ1) is 11.8. The molecular formula is C19H16N4O. The van der Waals surface area contributed by atoms with Crippen LogP contribution in [-0.4, -0.2) is 19.5 Å². The first-order valence-electron chi connectivity index (χ1n) is 7.68. The van der Waals surface area contributed by atoms with E-state index in [1.807, 2.05) is 53.1 Å². The van der Waals surface area contributed by atoms with Crippen LogP contribution >= 0.6 is 0 Å². The minimum Gasteiger partial charge on any atom is -0.508 e. The number of aromatic hydroxyl groups is 1. The fourth-order valence-corrected chi connectivity index (χ4v) is 2.79. The lowest BCUT2D eigenvalue weighted by Gasteiger charge is -2.07. The highest BCUT2D eigenvalue weighted by Crippen LogP contribution is 2.32. The number of pyridine rings is 2. The molecule has 4 aromatic rings. The minimum absolute atomic E-state index is 0.231. The molecule has 0 bridgehead atoms. The Morgan fingerprint density at radius 2 is 1.83 bits per heavy atom. The van der Waals surface area contributed by atoms with Crippen LogP contribution in [0.1, 0.15) is 5.56 Å². The number of hydrogen-bond acceptors (Lipinski definition) is 4. The van der Waals surface area contributed by atoms with E-state index in [0.29, 0.717) is 6.54 Å². The van der Waals surface area contributed by atoms with E-state index in [2.05, 4.69) is 4.98 Å². The highest BCUT2D eigenvalue weighted by Gasteiger charge is 2.17. The molecule has 3 aromatic heterocycles. The zero-order chi connectivity index (χ0) is 16.5. The molecule has 0 spiro atoms. The molecular weight excluding hydrogens is 300 g/mol. The maximum atomic E-state index is 9.58. The summed E-state index contributed by atoms with van der Waals surface area (Å²) in [5.74, 6) is 0.231. The fraction of sp³-hybridized carbons (Fsp3) is 0.0526. The molecule has 0 fully saturated rings. The Morgan fingerprint density at radius 3 is 2.54 bits per heavy atom. The van der Waals surface area contributed by atoms with Gasteiger partial charge in [0.1, 0.15) is 17.1 Å². The highest BCUT2D eigenvalue weighted by molar-refractivity contribution is 5.80. The van der Waals surface area contributed by atoms with Gasteiger partial charge in [0.25, 0.3) is 0 Å². The number of aromatic nitrogens is 3. The van der Waals surface area contributed by atoms with Gasteiger partial charge in [-0.2, -0.15) is 0 Å². The Morgan fingerprint density at radius 1 is 1.00 bits per heavy atom. The molecule has 3 heterocycles. The average molecular weight is 316 g/mol. The van der Waals surface area contributed by atoms with Crippen molar-refractivity contribution in [3.05, 3.63) is 72.6 Å². The third-order valence-corrected chi connectivity index (χ3v) is 3.96. The second kappa shape index (κ2) is 5.79. The standard InChI is InChI=1S/C19H16N4O/c20-11-13-4-9-17-22-18(16-3-1-2-10-21-16)19(23(17)12-13)14-5-7-15(24)8-6-14/h1-10,12,24H,11,20H2. The normalized spacial score (nSPS) is 11.0. The van der Waals surface area contributed by atoms with Crippen molar-refractivity contribution in [2.45, 2.75) is 6.54 Å². The average Bonchev–Trinajstić information content (AvgIpc) is 3.01. The largest absolute Gasteiger partial charge is 0.508 e. The molecule has 5 nitrogen and oxygen atoms in total. The molecule has 1 aromatic carbocycles. The predicted octanol–water partition coefficient (Wildman–Crippen LogP) is 3.23. The van der Waals surface area contributed by atoms with Gasteiger partial charge in [0.05, 0.1) is 11.4 Å². The molecule has 118 valence electrons. The zero-order valence-electron chi connectivity index (χ0n) is 12.9. The molecule has 0 unspecified atom stereocenters. The molecule has 3 N–H and O–H groups in total. The fourth-order valence-electron chi connectivity index (χ4n) is 2.79. The van der Waals surface area contributed by atoms with E-state index in [9.17, 15) is 5.11 Å². The summed E-state index contributed by atoms with van der Waals surface area (Å²) in [4.78, 5) is 9.19. The Hall–Kier alpha value is -3.18. The van der Waals surface area contributed by atoms with Crippen molar-refractivity contribution in [1.29, 1.82) is 0 Å². The lowest BCUT2D eigenvalue weighted by Crippen LogP contribution is -1.99. The van der Waals surface area contributed by atoms with Gasteiger partial charge in [-0.3, -0.25) is 9.38 Å². The first kappa shape index (κ1) is 14.4. The summed E-state index contributed by atoms with van der Waals surface area (Å²) in [7, 11) is 0. The van der Waals surface area contributed by atoms with Crippen LogP contribution < -0.4 is 5.73 Å². The van der Waals surface area contributed by atoms with Crippen LogP contribution in [0.5, 0.6) is 5.75 Å². The molecule has 0 atom stereocenters. The van der Waals surface area contributed by atoms with E-state index < -0.39 is 0 Å². The Balaban J connectivity index is 2.04. The third-order valence-electron chi connectivity index (χ3n) is 3.96. The van der Waals surface area contributed by atoms with Crippen molar-refractivity contribution in [3.8, 4) is 28.4 Å². The molecule has 0 aliphatic heterocycles. The van der Waals surface area contributed by atoms with Gasteiger partial charge in [0, 0.05) is 24.5 Å². The SMILES string of the molecule is NCc1ccc2nc(-c3ccccn3)c(-c3ccc(O)cc3)n2c1. The number of phenolic OH excluding ortho intramolecular Hbond substituents is 1. The van der Waals surface area contributed by atoms with Crippen molar-refractivity contribution < 1.29 is 5.11 Å². The number of imidazole rings is 1. The van der Waals surface area contributed by atoms with Crippen LogP contribution in [0, 0.1) is 0 Å². The van der Waals surface area contributed by atoms with E-state index in [1.165, 1.54) is 0 Å². The summed E-state index contributed by atoms with van der Waals surface area (Å²) in [5, 5.41) is 9.58. The van der Waals surface area contributed by atoms with Crippen LogP contribution in [0.4, 0.5) is 0 Å². The van der Waals surface area contributed by atoms with Gasteiger partial charge in [0.15, 0.2) is 0 Å². The van der Waals surface area contributed by atoms with Gasteiger partial charge in [-0.1, -0.05) is 12.1 Å². The summed E-state index contributed by atoms with van der Waals surface area (Å²) in [6, 6.07) is 16.8. The number of nitrogens with zero attached hydrogens (tertiary/aromatic N) is 3. The van der Waals surface area contributed by atoms with Gasteiger partial charge in [0.2, 0.25) is 0 Å². The number of hydrogen-bond donors (Lipinski definition) is 2. The lowest BCUT2D eigenvalue weighted by atomic mass is 10.1. The van der Waals surface area contributed by atoms with Gasteiger partial charge < -0.3 is 10.8 Å². The molecule has 0 saturated carbocycles. The van der Waals surface area contributed by atoms with Crippen LogP contribution in [-0.2, 0) is 6.54 Å². The van der Waals surface area contributed by atoms with Crippen LogP contribution in [0.25, 0.3) is 28.3 Å². The summed E-state index contributed by atoms with van der Waals surface area (Å²) >= 11 is 0. The first-order valence-corrected chi connectivity index (χ1v) is 7.68.